The smallest absolute Gasteiger partial charge is 0.296 e. The average Bonchev–Trinajstić information content (AvgIpc) is 2.96. The maximum Gasteiger partial charge on any atom is 0.296 e. The van der Waals surface area contributed by atoms with Crippen LogP contribution in [-0.2, 0) is 10.1 Å². The zero-order chi connectivity index (χ0) is 30.7. The SMILES string of the molecule is Nc1ccc(N=Nc2ccc3cc(S(=O)(=O)O)c(N=Nc4ccc(N=Nc5ccc(O)cc5O)cc4)c(O)c3c2)c(N)c1. The summed E-state index contributed by atoms with van der Waals surface area (Å²) in [7, 11) is -4.81. The number of hydrogen-bond donors (Lipinski definition) is 6. The Labute approximate surface area is 243 Å². The quantitative estimate of drug-likeness (QED) is 0.0616. The molecule has 5 rings (SSSR count). The minimum Gasteiger partial charge on any atom is -0.508 e. The summed E-state index contributed by atoms with van der Waals surface area (Å²) in [4.78, 5) is -0.649. The van der Waals surface area contributed by atoms with Gasteiger partial charge in [0, 0.05) is 17.1 Å². The van der Waals surface area contributed by atoms with Crippen LogP contribution in [0.5, 0.6) is 17.2 Å². The third-order valence-electron chi connectivity index (χ3n) is 5.99. The van der Waals surface area contributed by atoms with Crippen molar-refractivity contribution in [3.8, 4) is 17.2 Å². The number of anilines is 2. The summed E-state index contributed by atoms with van der Waals surface area (Å²) in [5.41, 5.74) is 13.4. The molecule has 5 aromatic rings. The molecule has 0 aliphatic carbocycles. The highest BCUT2D eigenvalue weighted by Gasteiger charge is 2.22. The van der Waals surface area contributed by atoms with E-state index < -0.39 is 26.5 Å². The summed E-state index contributed by atoms with van der Waals surface area (Å²) >= 11 is 0. The van der Waals surface area contributed by atoms with Gasteiger partial charge in [-0.15, -0.1) is 15.3 Å². The number of phenolic OH excluding ortho intramolecular Hbond substituents is 3. The Morgan fingerprint density at radius 3 is 1.86 bits per heavy atom. The monoisotopic (exact) mass is 598 g/mol. The van der Waals surface area contributed by atoms with Gasteiger partial charge in [0.2, 0.25) is 0 Å². The number of benzene rings is 5. The second-order valence-electron chi connectivity index (χ2n) is 9.06. The van der Waals surface area contributed by atoms with E-state index in [-0.39, 0.29) is 33.6 Å². The molecule has 0 atom stereocenters. The van der Waals surface area contributed by atoms with E-state index in [9.17, 15) is 28.3 Å². The van der Waals surface area contributed by atoms with Crippen molar-refractivity contribution >= 4 is 66.4 Å². The molecule has 43 heavy (non-hydrogen) atoms. The first kappa shape index (κ1) is 28.6. The van der Waals surface area contributed by atoms with Gasteiger partial charge in [-0.3, -0.25) is 4.55 Å². The fraction of sp³-hybridized carbons (Fsp3) is 0. The van der Waals surface area contributed by atoms with Crippen LogP contribution in [-0.4, -0.2) is 28.3 Å². The van der Waals surface area contributed by atoms with Crippen molar-refractivity contribution in [3.05, 3.63) is 84.9 Å². The molecule has 0 spiro atoms. The van der Waals surface area contributed by atoms with Crippen LogP contribution in [0.3, 0.4) is 0 Å². The van der Waals surface area contributed by atoms with Gasteiger partial charge in [0.25, 0.3) is 10.1 Å². The largest absolute Gasteiger partial charge is 0.508 e. The van der Waals surface area contributed by atoms with Crippen molar-refractivity contribution < 1.29 is 28.3 Å². The van der Waals surface area contributed by atoms with Gasteiger partial charge >= 0.3 is 0 Å². The number of nitrogen functional groups attached to an aromatic ring is 2. The molecule has 0 aliphatic rings. The maximum absolute atomic E-state index is 12.2. The average molecular weight is 599 g/mol. The second kappa shape index (κ2) is 11.5. The number of phenols is 3. The first-order valence-electron chi connectivity index (χ1n) is 12.3. The predicted molar refractivity (Wildman–Crippen MR) is 159 cm³/mol. The number of rotatable bonds is 7. The lowest BCUT2D eigenvalue weighted by Crippen LogP contribution is -1.99. The van der Waals surface area contributed by atoms with Gasteiger partial charge in [-0.1, -0.05) is 6.07 Å². The Bertz CT molecular complexity index is 2060. The molecule has 0 unspecified atom stereocenters. The van der Waals surface area contributed by atoms with E-state index in [1.165, 1.54) is 60.7 Å². The second-order valence-corrected chi connectivity index (χ2v) is 10.5. The summed E-state index contributed by atoms with van der Waals surface area (Å²) < 4.78 is 34.1. The molecule has 216 valence electrons. The third-order valence-corrected chi connectivity index (χ3v) is 6.85. The van der Waals surface area contributed by atoms with E-state index in [0.29, 0.717) is 28.4 Å². The number of azo groups is 3. The van der Waals surface area contributed by atoms with Crippen molar-refractivity contribution in [2.24, 2.45) is 30.7 Å². The summed E-state index contributed by atoms with van der Waals surface area (Å²) in [5.74, 6) is -0.926. The number of nitrogens with zero attached hydrogens (tertiary/aromatic N) is 6. The van der Waals surface area contributed by atoms with Crippen molar-refractivity contribution in [2.75, 3.05) is 11.5 Å². The molecule has 0 amide bonds. The van der Waals surface area contributed by atoms with Gasteiger partial charge in [-0.25, -0.2) is 0 Å². The molecule has 0 saturated heterocycles. The summed E-state index contributed by atoms with van der Waals surface area (Å²) in [5, 5.41) is 54.8. The number of nitrogens with two attached hydrogens (primary N) is 2. The Hall–Kier alpha value is -5.93. The summed E-state index contributed by atoms with van der Waals surface area (Å²) in [6.07, 6.45) is 0. The van der Waals surface area contributed by atoms with Crippen LogP contribution in [0.15, 0.2) is 121 Å². The van der Waals surface area contributed by atoms with Gasteiger partial charge in [0.05, 0.1) is 22.7 Å². The Balaban J connectivity index is 1.45. The zero-order valence-corrected chi connectivity index (χ0v) is 22.8. The van der Waals surface area contributed by atoms with Crippen LogP contribution in [0, 0.1) is 0 Å². The highest BCUT2D eigenvalue weighted by atomic mass is 32.2. The Kier molecular flexibility index (Phi) is 7.66. The normalized spacial score (nSPS) is 12.2. The molecule has 0 saturated carbocycles. The lowest BCUT2D eigenvalue weighted by Gasteiger charge is -2.09. The van der Waals surface area contributed by atoms with Crippen LogP contribution in [0.25, 0.3) is 10.8 Å². The van der Waals surface area contributed by atoms with Crippen LogP contribution in [0.1, 0.15) is 0 Å². The number of hydrogen-bond acceptors (Lipinski definition) is 13. The van der Waals surface area contributed by atoms with Crippen molar-refractivity contribution in [2.45, 2.75) is 4.90 Å². The molecule has 0 aromatic heterocycles. The minimum atomic E-state index is -4.81. The fourth-order valence-corrected chi connectivity index (χ4v) is 4.52. The van der Waals surface area contributed by atoms with Crippen molar-refractivity contribution in [1.82, 2.24) is 0 Å². The van der Waals surface area contributed by atoms with E-state index in [0.717, 1.165) is 12.1 Å². The molecule has 14 nitrogen and oxygen atoms in total. The maximum atomic E-state index is 12.2. The van der Waals surface area contributed by atoms with Gasteiger partial charge < -0.3 is 26.8 Å². The molecule has 8 N–H and O–H groups in total. The molecule has 0 aliphatic heterocycles. The lowest BCUT2D eigenvalue weighted by atomic mass is 10.1. The molecule has 15 heteroatoms. The molecule has 0 heterocycles. The summed E-state index contributed by atoms with van der Waals surface area (Å²) in [6.45, 7) is 0. The molecule has 0 bridgehead atoms. The van der Waals surface area contributed by atoms with Crippen LogP contribution >= 0.6 is 0 Å². The highest BCUT2D eigenvalue weighted by molar-refractivity contribution is 7.86. The highest BCUT2D eigenvalue weighted by Crippen LogP contribution is 2.43. The zero-order valence-electron chi connectivity index (χ0n) is 21.9. The molecule has 0 radical (unpaired) electrons. The molecule has 5 aromatic carbocycles. The van der Waals surface area contributed by atoms with E-state index in [2.05, 4.69) is 30.7 Å². The first-order valence-corrected chi connectivity index (χ1v) is 13.7. The fourth-order valence-electron chi connectivity index (χ4n) is 3.86. The summed E-state index contributed by atoms with van der Waals surface area (Å²) in [6, 6.07) is 20.3. The van der Waals surface area contributed by atoms with Crippen molar-refractivity contribution in [3.63, 3.8) is 0 Å². The topological polar surface area (TPSA) is 241 Å². The van der Waals surface area contributed by atoms with Crippen molar-refractivity contribution in [1.29, 1.82) is 0 Å². The molecule has 0 fully saturated rings. The van der Waals surface area contributed by atoms with Crippen LogP contribution < -0.4 is 11.5 Å². The molecular weight excluding hydrogens is 576 g/mol. The molecular formula is C28H22N8O6S. The Morgan fingerprint density at radius 1 is 0.605 bits per heavy atom. The van der Waals surface area contributed by atoms with Crippen LogP contribution in [0.4, 0.5) is 45.5 Å². The van der Waals surface area contributed by atoms with E-state index in [4.69, 9.17) is 11.5 Å². The number of aromatic hydroxyl groups is 3. The minimum absolute atomic E-state index is 0.119. The van der Waals surface area contributed by atoms with Gasteiger partial charge in [0.1, 0.15) is 33.5 Å². The predicted octanol–water partition coefficient (Wildman–Crippen LogP) is 7.61. The number of fused-ring (bicyclic) bond motifs is 1. The van der Waals surface area contributed by atoms with Gasteiger partial charge in [-0.05, 0) is 78.2 Å². The first-order chi connectivity index (χ1) is 20.5. The van der Waals surface area contributed by atoms with E-state index in [1.54, 1.807) is 12.1 Å². The van der Waals surface area contributed by atoms with Crippen LogP contribution in [0.2, 0.25) is 0 Å². The Morgan fingerprint density at radius 2 is 1.21 bits per heavy atom. The van der Waals surface area contributed by atoms with E-state index >= 15 is 0 Å². The third kappa shape index (κ3) is 6.53. The van der Waals surface area contributed by atoms with Gasteiger partial charge in [-0.2, -0.15) is 23.8 Å². The van der Waals surface area contributed by atoms with E-state index in [1.807, 2.05) is 0 Å². The lowest BCUT2D eigenvalue weighted by molar-refractivity contribution is 0.451. The van der Waals surface area contributed by atoms with Gasteiger partial charge in [0.15, 0.2) is 5.75 Å². The standard InChI is InChI=1S/C28H22N8O6S/c29-16-2-9-23(22(30)12-16)34-33-19-3-1-15-11-26(43(40,41)42)27(28(39)21(15)13-19)36-32-18-6-4-17(5-7-18)31-35-24-10-8-20(37)14-25(24)38/h1-14,37-39H,29-30H2,(H,40,41,42).